The van der Waals surface area contributed by atoms with Crippen LogP contribution in [0.4, 0.5) is 0 Å². The molecule has 3 nitrogen and oxygen atoms in total. The summed E-state index contributed by atoms with van der Waals surface area (Å²) in [7, 11) is 0. The van der Waals surface area contributed by atoms with Crippen LogP contribution < -0.4 is 4.74 Å². The van der Waals surface area contributed by atoms with Crippen molar-refractivity contribution in [1.82, 2.24) is 0 Å². The minimum atomic E-state index is -0.786. The number of benzene rings is 1. The molecule has 0 heterocycles. The minimum Gasteiger partial charge on any atom is -0.490 e. The third-order valence-corrected chi connectivity index (χ3v) is 3.18. The third-order valence-electron chi connectivity index (χ3n) is 3.18. The Morgan fingerprint density at radius 3 is 2.35 bits per heavy atom. The number of ether oxygens (including phenoxy) is 1. The van der Waals surface area contributed by atoms with Gasteiger partial charge in [-0.15, -0.1) is 0 Å². The molecule has 3 heteroatoms. The highest BCUT2D eigenvalue weighted by Gasteiger charge is 2.23. The summed E-state index contributed by atoms with van der Waals surface area (Å²) in [5.41, 5.74) is -0.0340. The van der Waals surface area contributed by atoms with Gasteiger partial charge in [-0.3, -0.25) is 0 Å². The average Bonchev–Trinajstić information content (AvgIpc) is 2.36. The summed E-state index contributed by atoms with van der Waals surface area (Å²) in [5, 5.41) is 19.7. The Bertz CT molecular complexity index is 343. The summed E-state index contributed by atoms with van der Waals surface area (Å²) in [5.74, 6) is 0.642. The quantitative estimate of drug-likeness (QED) is 0.801. The Morgan fingerprint density at radius 1 is 1.24 bits per heavy atom. The molecule has 0 fully saturated rings. The normalized spacial score (nSPS) is 13.5. The average molecular weight is 238 g/mol. The maximum Gasteiger partial charge on any atom is 0.125 e. The van der Waals surface area contributed by atoms with Gasteiger partial charge in [-0.25, -0.2) is 0 Å². The topological polar surface area (TPSA) is 49.7 Å². The molecular formula is C14H22O3. The van der Waals surface area contributed by atoms with Gasteiger partial charge in [-0.1, -0.05) is 32.0 Å². The smallest absolute Gasteiger partial charge is 0.125 e. The number of aliphatic hydroxyl groups excluding tert-OH is 1. The lowest BCUT2D eigenvalue weighted by Crippen LogP contribution is -2.34. The molecule has 2 N–H and O–H groups in total. The van der Waals surface area contributed by atoms with Crippen molar-refractivity contribution in [2.45, 2.75) is 45.3 Å². The number of para-hydroxylation sites is 1. The Labute approximate surface area is 103 Å². The van der Waals surface area contributed by atoms with Crippen LogP contribution in [0.1, 0.15) is 45.3 Å². The zero-order chi connectivity index (χ0) is 12.9. The van der Waals surface area contributed by atoms with Crippen molar-refractivity contribution in [3.05, 3.63) is 29.8 Å². The van der Waals surface area contributed by atoms with Gasteiger partial charge in [0.05, 0.1) is 11.7 Å². The lowest BCUT2D eigenvalue weighted by molar-refractivity contribution is -0.0121. The lowest BCUT2D eigenvalue weighted by Gasteiger charge is -2.26. The first-order valence-corrected chi connectivity index (χ1v) is 6.14. The van der Waals surface area contributed by atoms with Crippen molar-refractivity contribution in [1.29, 1.82) is 0 Å². The zero-order valence-corrected chi connectivity index (χ0v) is 10.8. The van der Waals surface area contributed by atoms with E-state index in [1.165, 1.54) is 0 Å². The molecule has 17 heavy (non-hydrogen) atoms. The standard InChI is InChI=1S/C14H22O3/c1-4-14(16,5-2)10-17-13-9-7-6-8-12(13)11(3)15/h6-9,11,15-16H,4-5,10H2,1-3H3. The largest absolute Gasteiger partial charge is 0.490 e. The summed E-state index contributed by atoms with van der Waals surface area (Å²) < 4.78 is 5.64. The Balaban J connectivity index is 2.75. The molecule has 1 rings (SSSR count). The van der Waals surface area contributed by atoms with Gasteiger partial charge >= 0.3 is 0 Å². The summed E-state index contributed by atoms with van der Waals surface area (Å²) in [4.78, 5) is 0. The predicted octanol–water partition coefficient (Wildman–Crippen LogP) is 2.67. The van der Waals surface area contributed by atoms with E-state index in [9.17, 15) is 10.2 Å². The third kappa shape index (κ3) is 3.72. The number of rotatable bonds is 6. The number of aliphatic hydroxyl groups is 2. The predicted molar refractivity (Wildman–Crippen MR) is 68.1 cm³/mol. The van der Waals surface area contributed by atoms with Crippen molar-refractivity contribution >= 4 is 0 Å². The number of hydrogen-bond donors (Lipinski definition) is 2. The Kier molecular flexibility index (Phi) is 4.97. The van der Waals surface area contributed by atoms with E-state index >= 15 is 0 Å². The van der Waals surface area contributed by atoms with Crippen LogP contribution in [0, 0.1) is 0 Å². The molecule has 0 amide bonds. The fraction of sp³-hybridized carbons (Fsp3) is 0.571. The summed E-state index contributed by atoms with van der Waals surface area (Å²) in [6.45, 7) is 5.83. The van der Waals surface area contributed by atoms with Crippen molar-refractivity contribution in [3.63, 3.8) is 0 Å². The molecule has 0 aliphatic heterocycles. The molecule has 1 atom stereocenters. The van der Waals surface area contributed by atoms with Gasteiger partial charge in [0.1, 0.15) is 12.4 Å². The van der Waals surface area contributed by atoms with Gasteiger partial charge < -0.3 is 14.9 Å². The van der Waals surface area contributed by atoms with Crippen molar-refractivity contribution < 1.29 is 14.9 Å². The Hall–Kier alpha value is -1.06. The van der Waals surface area contributed by atoms with Crippen LogP contribution in [-0.4, -0.2) is 22.4 Å². The van der Waals surface area contributed by atoms with E-state index in [4.69, 9.17) is 4.74 Å². The molecule has 0 radical (unpaired) electrons. The van der Waals surface area contributed by atoms with Crippen LogP contribution in [0.5, 0.6) is 5.75 Å². The molecule has 0 aromatic heterocycles. The van der Waals surface area contributed by atoms with E-state index in [1.54, 1.807) is 6.92 Å². The molecule has 0 bridgehead atoms. The van der Waals surface area contributed by atoms with E-state index in [0.29, 0.717) is 18.6 Å². The van der Waals surface area contributed by atoms with Crippen molar-refractivity contribution in [2.75, 3.05) is 6.61 Å². The first-order chi connectivity index (χ1) is 8.02. The first kappa shape index (κ1) is 14.0. The van der Waals surface area contributed by atoms with Crippen molar-refractivity contribution in [2.24, 2.45) is 0 Å². The molecule has 0 spiro atoms. The molecule has 0 saturated heterocycles. The molecule has 1 aromatic rings. The molecule has 0 aliphatic rings. The van der Waals surface area contributed by atoms with Crippen LogP contribution in [-0.2, 0) is 0 Å². The van der Waals surface area contributed by atoms with Crippen LogP contribution in [0.3, 0.4) is 0 Å². The highest BCUT2D eigenvalue weighted by atomic mass is 16.5. The molecular weight excluding hydrogens is 216 g/mol. The highest BCUT2D eigenvalue weighted by Crippen LogP contribution is 2.26. The monoisotopic (exact) mass is 238 g/mol. The molecule has 1 aromatic carbocycles. The van der Waals surface area contributed by atoms with E-state index in [0.717, 1.165) is 5.56 Å². The molecule has 0 saturated carbocycles. The van der Waals surface area contributed by atoms with Gasteiger partial charge in [-0.05, 0) is 25.8 Å². The van der Waals surface area contributed by atoms with Gasteiger partial charge in [0.2, 0.25) is 0 Å². The summed E-state index contributed by atoms with van der Waals surface area (Å²) >= 11 is 0. The second-order valence-corrected chi connectivity index (χ2v) is 4.43. The summed E-state index contributed by atoms with van der Waals surface area (Å²) in [6.07, 6.45) is 0.739. The number of hydrogen-bond acceptors (Lipinski definition) is 3. The fourth-order valence-corrected chi connectivity index (χ4v) is 1.62. The first-order valence-electron chi connectivity index (χ1n) is 6.14. The molecule has 96 valence electrons. The van der Waals surface area contributed by atoms with E-state index in [2.05, 4.69) is 0 Å². The molecule has 0 aliphatic carbocycles. The second-order valence-electron chi connectivity index (χ2n) is 4.43. The van der Waals surface area contributed by atoms with Crippen LogP contribution in [0.15, 0.2) is 24.3 Å². The fourth-order valence-electron chi connectivity index (χ4n) is 1.62. The lowest BCUT2D eigenvalue weighted by atomic mass is 9.99. The highest BCUT2D eigenvalue weighted by molar-refractivity contribution is 5.34. The van der Waals surface area contributed by atoms with Crippen LogP contribution in [0.2, 0.25) is 0 Å². The van der Waals surface area contributed by atoms with Crippen molar-refractivity contribution in [3.8, 4) is 5.75 Å². The summed E-state index contributed by atoms with van der Waals surface area (Å²) in [6, 6.07) is 7.36. The zero-order valence-electron chi connectivity index (χ0n) is 10.8. The Morgan fingerprint density at radius 2 is 1.82 bits per heavy atom. The second kappa shape index (κ2) is 6.03. The molecule has 1 unspecified atom stereocenters. The maximum atomic E-state index is 10.1. The van der Waals surface area contributed by atoms with Gasteiger partial charge in [0.25, 0.3) is 0 Å². The maximum absolute atomic E-state index is 10.1. The van der Waals surface area contributed by atoms with Gasteiger partial charge in [0, 0.05) is 5.56 Å². The SMILES string of the molecule is CCC(O)(CC)COc1ccccc1C(C)O. The van der Waals surface area contributed by atoms with E-state index in [1.807, 2.05) is 38.1 Å². The van der Waals surface area contributed by atoms with Gasteiger partial charge in [-0.2, -0.15) is 0 Å². The van der Waals surface area contributed by atoms with Crippen LogP contribution >= 0.6 is 0 Å². The van der Waals surface area contributed by atoms with E-state index in [-0.39, 0.29) is 6.61 Å². The van der Waals surface area contributed by atoms with Crippen LogP contribution in [0.25, 0.3) is 0 Å². The van der Waals surface area contributed by atoms with Gasteiger partial charge in [0.15, 0.2) is 0 Å². The minimum absolute atomic E-state index is 0.254. The van der Waals surface area contributed by atoms with E-state index < -0.39 is 11.7 Å².